The zero-order valence-corrected chi connectivity index (χ0v) is 14.7. The number of nitrogens with zero attached hydrogens (tertiary/aromatic N) is 2. The first-order valence-electron chi connectivity index (χ1n) is 8.32. The van der Waals surface area contributed by atoms with E-state index in [9.17, 15) is 9.59 Å². The van der Waals surface area contributed by atoms with Crippen molar-refractivity contribution < 1.29 is 14.3 Å². The molecule has 6 nitrogen and oxygen atoms in total. The maximum atomic E-state index is 12.5. The van der Waals surface area contributed by atoms with E-state index >= 15 is 0 Å². The molecular formula is C18H27N3O3. The number of carbonyl (C=O) groups excluding carboxylic acids is 2. The van der Waals surface area contributed by atoms with E-state index in [-0.39, 0.29) is 5.91 Å². The van der Waals surface area contributed by atoms with E-state index in [0.29, 0.717) is 6.42 Å². The van der Waals surface area contributed by atoms with Crippen LogP contribution in [0.4, 0.5) is 4.79 Å². The van der Waals surface area contributed by atoms with Crippen molar-refractivity contribution in [1.82, 2.24) is 9.80 Å². The summed E-state index contributed by atoms with van der Waals surface area (Å²) in [5.74, 6) is 0.0899. The summed E-state index contributed by atoms with van der Waals surface area (Å²) >= 11 is 0. The standard InChI is InChI=1S/C18H27N3O3/c1-18(2,24-17(19)23)9-8-14-4-6-15(7-5-14)16(22)21-12-10-20(3)11-13-21/h4-7H,8-13H2,1-3H3,(H2,19,23). The average molecular weight is 333 g/mol. The molecule has 0 aromatic heterocycles. The van der Waals surface area contributed by atoms with Crippen LogP contribution < -0.4 is 5.73 Å². The van der Waals surface area contributed by atoms with E-state index in [0.717, 1.165) is 43.7 Å². The Labute approximate surface area is 143 Å². The van der Waals surface area contributed by atoms with Crippen LogP contribution in [0, 0.1) is 0 Å². The van der Waals surface area contributed by atoms with Gasteiger partial charge in [0.15, 0.2) is 0 Å². The van der Waals surface area contributed by atoms with Crippen LogP contribution in [-0.2, 0) is 11.2 Å². The van der Waals surface area contributed by atoms with Crippen molar-refractivity contribution in [2.75, 3.05) is 33.2 Å². The highest BCUT2D eigenvalue weighted by atomic mass is 16.6. The van der Waals surface area contributed by atoms with Crippen molar-refractivity contribution in [2.24, 2.45) is 5.73 Å². The van der Waals surface area contributed by atoms with Gasteiger partial charge in [-0.15, -0.1) is 0 Å². The Bertz CT molecular complexity index is 576. The lowest BCUT2D eigenvalue weighted by molar-refractivity contribution is 0.0394. The molecule has 0 bridgehead atoms. The lowest BCUT2D eigenvalue weighted by atomic mass is 9.98. The summed E-state index contributed by atoms with van der Waals surface area (Å²) in [5.41, 5.74) is 6.30. The maximum absolute atomic E-state index is 12.5. The van der Waals surface area contributed by atoms with Crippen molar-refractivity contribution >= 4 is 12.0 Å². The molecule has 0 aliphatic carbocycles. The minimum atomic E-state index is -0.756. The summed E-state index contributed by atoms with van der Waals surface area (Å²) in [6.45, 7) is 7.05. The Balaban J connectivity index is 1.90. The van der Waals surface area contributed by atoms with Gasteiger partial charge in [-0.1, -0.05) is 12.1 Å². The molecular weight excluding hydrogens is 306 g/mol. The smallest absolute Gasteiger partial charge is 0.405 e. The molecule has 1 aliphatic heterocycles. The molecule has 1 heterocycles. The Kier molecular flexibility index (Phi) is 5.83. The van der Waals surface area contributed by atoms with Crippen molar-refractivity contribution in [3.05, 3.63) is 35.4 Å². The number of ether oxygens (including phenoxy) is 1. The Morgan fingerprint density at radius 2 is 1.71 bits per heavy atom. The lowest BCUT2D eigenvalue weighted by Crippen LogP contribution is -2.47. The van der Waals surface area contributed by atoms with Crippen LogP contribution >= 0.6 is 0 Å². The molecule has 0 spiro atoms. The molecule has 1 aliphatic rings. The van der Waals surface area contributed by atoms with Crippen molar-refractivity contribution in [2.45, 2.75) is 32.3 Å². The molecule has 6 heteroatoms. The molecule has 0 saturated carbocycles. The number of aryl methyl sites for hydroxylation is 1. The van der Waals surface area contributed by atoms with E-state index in [2.05, 4.69) is 11.9 Å². The number of benzene rings is 1. The SMILES string of the molecule is CN1CCN(C(=O)c2ccc(CCC(C)(C)OC(N)=O)cc2)CC1. The van der Waals surface area contributed by atoms with Crippen molar-refractivity contribution in [1.29, 1.82) is 0 Å². The van der Waals surface area contributed by atoms with Crippen molar-refractivity contribution in [3.63, 3.8) is 0 Å². The molecule has 132 valence electrons. The quantitative estimate of drug-likeness (QED) is 0.893. The fourth-order valence-electron chi connectivity index (χ4n) is 2.77. The largest absolute Gasteiger partial charge is 0.444 e. The zero-order chi connectivity index (χ0) is 17.7. The third kappa shape index (κ3) is 5.23. The number of primary amides is 1. The number of carbonyl (C=O) groups is 2. The lowest BCUT2D eigenvalue weighted by Gasteiger charge is -2.32. The Morgan fingerprint density at radius 3 is 2.25 bits per heavy atom. The van der Waals surface area contributed by atoms with Crippen LogP contribution in [0.25, 0.3) is 0 Å². The van der Waals surface area contributed by atoms with Gasteiger partial charge in [-0.2, -0.15) is 0 Å². The molecule has 2 amide bonds. The first-order valence-corrected chi connectivity index (χ1v) is 8.32. The van der Waals surface area contributed by atoms with E-state index in [1.165, 1.54) is 0 Å². The van der Waals surface area contributed by atoms with E-state index in [1.54, 1.807) is 0 Å². The van der Waals surface area contributed by atoms with Crippen LogP contribution in [0.15, 0.2) is 24.3 Å². The summed E-state index contributed by atoms with van der Waals surface area (Å²) in [5, 5.41) is 0. The van der Waals surface area contributed by atoms with Gasteiger partial charge < -0.3 is 20.3 Å². The fraction of sp³-hybridized carbons (Fsp3) is 0.556. The second-order valence-corrected chi connectivity index (χ2v) is 6.97. The second kappa shape index (κ2) is 7.66. The molecule has 2 rings (SSSR count). The van der Waals surface area contributed by atoms with Gasteiger partial charge in [-0.05, 0) is 51.4 Å². The van der Waals surface area contributed by atoms with Gasteiger partial charge in [0.2, 0.25) is 0 Å². The maximum Gasteiger partial charge on any atom is 0.405 e. The van der Waals surface area contributed by atoms with Gasteiger partial charge in [0.1, 0.15) is 5.60 Å². The molecule has 1 fully saturated rings. The summed E-state index contributed by atoms with van der Waals surface area (Å²) in [6.07, 6.45) is 0.665. The van der Waals surface area contributed by atoms with E-state index in [4.69, 9.17) is 10.5 Å². The minimum Gasteiger partial charge on any atom is -0.444 e. The molecule has 0 radical (unpaired) electrons. The first kappa shape index (κ1) is 18.3. The number of amides is 2. The molecule has 1 saturated heterocycles. The van der Waals surface area contributed by atoms with E-state index < -0.39 is 11.7 Å². The first-order chi connectivity index (χ1) is 11.3. The molecule has 1 aromatic rings. The highest BCUT2D eigenvalue weighted by Crippen LogP contribution is 2.18. The highest BCUT2D eigenvalue weighted by Gasteiger charge is 2.22. The number of hydrogen-bond donors (Lipinski definition) is 1. The van der Waals surface area contributed by atoms with Gasteiger partial charge >= 0.3 is 6.09 Å². The molecule has 1 aromatic carbocycles. The summed E-state index contributed by atoms with van der Waals surface area (Å²) in [7, 11) is 2.07. The van der Waals surface area contributed by atoms with Crippen LogP contribution in [0.3, 0.4) is 0 Å². The topological polar surface area (TPSA) is 75.9 Å². The summed E-state index contributed by atoms with van der Waals surface area (Å²) in [6, 6.07) is 7.67. The van der Waals surface area contributed by atoms with Gasteiger partial charge in [-0.3, -0.25) is 4.79 Å². The molecule has 0 unspecified atom stereocenters. The van der Waals surface area contributed by atoms with Crippen molar-refractivity contribution in [3.8, 4) is 0 Å². The average Bonchev–Trinajstić information content (AvgIpc) is 2.52. The third-order valence-electron chi connectivity index (χ3n) is 4.38. The summed E-state index contributed by atoms with van der Waals surface area (Å²) in [4.78, 5) is 27.5. The predicted octanol–water partition coefficient (Wildman–Crippen LogP) is 1.88. The van der Waals surface area contributed by atoms with Gasteiger partial charge in [-0.25, -0.2) is 4.79 Å². The van der Waals surface area contributed by atoms with Gasteiger partial charge in [0.25, 0.3) is 5.91 Å². The number of piperazine rings is 1. The Morgan fingerprint density at radius 1 is 1.12 bits per heavy atom. The second-order valence-electron chi connectivity index (χ2n) is 6.97. The van der Waals surface area contributed by atoms with Gasteiger partial charge in [0.05, 0.1) is 0 Å². The molecule has 2 N–H and O–H groups in total. The number of hydrogen-bond acceptors (Lipinski definition) is 4. The Hall–Kier alpha value is -2.08. The minimum absolute atomic E-state index is 0.0899. The van der Waals surface area contributed by atoms with Gasteiger partial charge in [0, 0.05) is 31.7 Å². The third-order valence-corrected chi connectivity index (χ3v) is 4.38. The highest BCUT2D eigenvalue weighted by molar-refractivity contribution is 5.94. The normalized spacial score (nSPS) is 16.0. The number of rotatable bonds is 5. The predicted molar refractivity (Wildman–Crippen MR) is 92.9 cm³/mol. The monoisotopic (exact) mass is 333 g/mol. The van der Waals surface area contributed by atoms with E-state index in [1.807, 2.05) is 43.0 Å². The number of nitrogens with two attached hydrogens (primary N) is 1. The summed E-state index contributed by atoms with van der Waals surface area (Å²) < 4.78 is 5.08. The molecule has 24 heavy (non-hydrogen) atoms. The van der Waals surface area contributed by atoms with Crippen LogP contribution in [0.1, 0.15) is 36.2 Å². The molecule has 0 atom stereocenters. The van der Waals surface area contributed by atoms with Crippen LogP contribution in [0.2, 0.25) is 0 Å². The number of likely N-dealkylation sites (N-methyl/N-ethyl adjacent to an activating group) is 1. The fourth-order valence-corrected chi connectivity index (χ4v) is 2.77. The van der Waals surface area contributed by atoms with Crippen LogP contribution in [-0.4, -0.2) is 60.6 Å². The zero-order valence-electron chi connectivity index (χ0n) is 14.7. The van der Waals surface area contributed by atoms with Crippen LogP contribution in [0.5, 0.6) is 0 Å².